The number of carbonyl (C=O) groups excluding carboxylic acids is 2. The van der Waals surface area contributed by atoms with Crippen molar-refractivity contribution < 1.29 is 14.3 Å². The molecule has 5 aromatic rings. The van der Waals surface area contributed by atoms with Crippen LogP contribution in [0.2, 0.25) is 5.02 Å². The van der Waals surface area contributed by atoms with Gasteiger partial charge in [-0.25, -0.2) is 5.01 Å². The van der Waals surface area contributed by atoms with Crippen molar-refractivity contribution in [2.24, 2.45) is 10.1 Å². The third kappa shape index (κ3) is 8.02. The van der Waals surface area contributed by atoms with Gasteiger partial charge in [-0.3, -0.25) is 19.1 Å². The van der Waals surface area contributed by atoms with Crippen molar-refractivity contribution in [1.29, 1.82) is 0 Å². The van der Waals surface area contributed by atoms with Gasteiger partial charge in [-0.15, -0.1) is 33.1 Å². The number of hydrogen-bond donors (Lipinski definition) is 1. The second kappa shape index (κ2) is 16.6. The van der Waals surface area contributed by atoms with Crippen molar-refractivity contribution in [2.75, 3.05) is 19.0 Å². The van der Waals surface area contributed by atoms with Crippen molar-refractivity contribution in [3.8, 4) is 10.8 Å². The molecule has 2 aliphatic heterocycles. The molecule has 2 atom stereocenters. The van der Waals surface area contributed by atoms with Crippen LogP contribution in [0.3, 0.4) is 0 Å². The van der Waals surface area contributed by atoms with E-state index in [1.54, 1.807) is 11.3 Å². The number of nitrogens with one attached hydrogen (secondary N) is 1. The summed E-state index contributed by atoms with van der Waals surface area (Å²) in [4.78, 5) is 32.4. The number of ether oxygens (including phenoxy) is 1. The lowest BCUT2D eigenvalue weighted by Gasteiger charge is -2.21. The molecule has 14 heteroatoms. The highest BCUT2D eigenvalue weighted by Gasteiger charge is 2.34. The molecule has 1 unspecified atom stereocenters. The van der Waals surface area contributed by atoms with Gasteiger partial charge in [0.05, 0.1) is 30.5 Å². The maximum atomic E-state index is 13.3. The smallest absolute Gasteiger partial charge is 0.258 e. The molecule has 0 bridgehead atoms. The number of benzene rings is 3. The predicted molar refractivity (Wildman–Crippen MR) is 218 cm³/mol. The van der Waals surface area contributed by atoms with Gasteiger partial charge in [0.2, 0.25) is 5.91 Å². The van der Waals surface area contributed by atoms with Gasteiger partial charge in [0.15, 0.2) is 5.82 Å². The summed E-state index contributed by atoms with van der Waals surface area (Å²) in [5.41, 5.74) is 6.68. The molecule has 0 radical (unpaired) electrons. The van der Waals surface area contributed by atoms with E-state index in [1.165, 1.54) is 9.89 Å². The van der Waals surface area contributed by atoms with Gasteiger partial charge in [0, 0.05) is 38.5 Å². The Hall–Kier alpha value is -4.36. The quantitative estimate of drug-likeness (QED) is 0.0996. The molecule has 4 heterocycles. The number of amides is 2. The fourth-order valence-corrected chi connectivity index (χ4v) is 8.42. The third-order valence-electron chi connectivity index (χ3n) is 9.62. The maximum absolute atomic E-state index is 13.3. The first kappa shape index (κ1) is 37.9. The van der Waals surface area contributed by atoms with E-state index < -0.39 is 6.04 Å². The molecule has 0 aliphatic carbocycles. The third-order valence-corrected chi connectivity index (χ3v) is 11.8. The summed E-state index contributed by atoms with van der Waals surface area (Å²) in [5, 5.41) is 19.7. The van der Waals surface area contributed by atoms with Gasteiger partial charge >= 0.3 is 0 Å². The van der Waals surface area contributed by atoms with Gasteiger partial charge in [-0.05, 0) is 86.7 Å². The summed E-state index contributed by atoms with van der Waals surface area (Å²) in [6.07, 6.45) is 2.21. The van der Waals surface area contributed by atoms with E-state index in [0.29, 0.717) is 30.4 Å². The zero-order chi connectivity index (χ0) is 37.9. The summed E-state index contributed by atoms with van der Waals surface area (Å²) in [7, 11) is 0. The first-order valence-corrected chi connectivity index (χ1v) is 20.2. The van der Waals surface area contributed by atoms with E-state index >= 15 is 0 Å². The van der Waals surface area contributed by atoms with Crippen LogP contribution >= 0.6 is 50.5 Å². The van der Waals surface area contributed by atoms with Crippen molar-refractivity contribution in [1.82, 2.24) is 25.1 Å². The van der Waals surface area contributed by atoms with E-state index in [9.17, 15) is 9.59 Å². The molecule has 3 aromatic carbocycles. The number of unbranched alkanes of at least 4 members (excludes halogenated alkanes) is 1. The minimum atomic E-state index is -0.522. The first-order chi connectivity index (χ1) is 26.1. The molecule has 0 saturated carbocycles. The fraction of sp³-hybridized carbons (Fsp3) is 0.300. The molecule has 10 nitrogen and oxygen atoms in total. The van der Waals surface area contributed by atoms with Crippen molar-refractivity contribution in [3.63, 3.8) is 0 Å². The van der Waals surface area contributed by atoms with Crippen LogP contribution in [-0.4, -0.2) is 62.0 Å². The number of rotatable bonds is 12. The average Bonchev–Trinajstić information content (AvgIpc) is 3.84. The van der Waals surface area contributed by atoms with E-state index in [-0.39, 0.29) is 30.2 Å². The van der Waals surface area contributed by atoms with Crippen LogP contribution in [-0.2, 0) is 9.59 Å². The van der Waals surface area contributed by atoms with Gasteiger partial charge in [0.1, 0.15) is 28.5 Å². The molecule has 0 saturated heterocycles. The molecule has 2 amide bonds. The van der Waals surface area contributed by atoms with Crippen LogP contribution < -0.4 is 10.1 Å². The van der Waals surface area contributed by atoms with E-state index in [1.807, 2.05) is 84.3 Å². The molecular weight excluding hydrogens is 809 g/mol. The Morgan fingerprint density at radius 2 is 1.69 bits per heavy atom. The highest BCUT2D eigenvalue weighted by Crippen LogP contribution is 2.40. The molecular formula is C40H38BrCl2N7O3S. The number of thiophene rings is 1. The molecule has 54 heavy (non-hydrogen) atoms. The SMILES string of the molecule is Cc1sc2c(c1C)C(c1ccc(Cl)cc1)=N[C@H](CC(=O)NCCCCOc1ccc(C3CC(c4ccc(Br)cc4)=NN3C(=O)CCl)cc1)c1nnc(C)n1-2. The first-order valence-electron chi connectivity index (χ1n) is 17.7. The summed E-state index contributed by atoms with van der Waals surface area (Å²) in [5.74, 6) is 1.63. The predicted octanol–water partition coefficient (Wildman–Crippen LogP) is 8.84. The van der Waals surface area contributed by atoms with Gasteiger partial charge < -0.3 is 10.1 Å². The fourth-order valence-electron chi connectivity index (χ4n) is 6.69. The maximum Gasteiger partial charge on any atom is 0.258 e. The Kier molecular flexibility index (Phi) is 11.6. The van der Waals surface area contributed by atoms with Crippen LogP contribution in [0.4, 0.5) is 0 Å². The average molecular weight is 848 g/mol. The number of fused-ring (bicyclic) bond motifs is 3. The van der Waals surface area contributed by atoms with Crippen molar-refractivity contribution >= 4 is 73.7 Å². The molecule has 2 aliphatic rings. The second-order valence-corrected chi connectivity index (χ2v) is 16.1. The highest BCUT2D eigenvalue weighted by atomic mass is 79.9. The van der Waals surface area contributed by atoms with E-state index in [4.69, 9.17) is 32.9 Å². The number of nitrogens with zero attached hydrogens (tertiary/aromatic N) is 6. The van der Waals surface area contributed by atoms with Gasteiger partial charge in [-0.1, -0.05) is 63.9 Å². The summed E-state index contributed by atoms with van der Waals surface area (Å²) in [6, 6.07) is 22.5. The van der Waals surface area contributed by atoms with Crippen molar-refractivity contribution in [2.45, 2.75) is 58.5 Å². The topological polar surface area (TPSA) is 114 Å². The molecule has 7 rings (SSSR count). The standard InChI is InChI=1S/C40H38BrCl2N7O3S/c1-23-24(2)54-40-37(23)38(28-8-14-30(43)15-9-28)45-33(39-47-46-25(3)49(39)40)21-35(51)44-18-4-5-19-53-31-16-10-27(11-17-31)34-20-32(48-50(34)36(52)22-42)26-6-12-29(41)13-7-26/h6-17,33-34H,4-5,18-22H2,1-3H3,(H,44,51)/t33-,34?/m1/s1. The zero-order valence-corrected chi connectivity index (χ0v) is 33.9. The Morgan fingerprint density at radius 3 is 2.41 bits per heavy atom. The van der Waals surface area contributed by atoms with E-state index in [0.717, 1.165) is 73.1 Å². The summed E-state index contributed by atoms with van der Waals surface area (Å²) >= 11 is 17.3. The summed E-state index contributed by atoms with van der Waals surface area (Å²) in [6.45, 7) is 7.14. The number of aryl methyl sites for hydroxylation is 2. The second-order valence-electron chi connectivity index (χ2n) is 13.2. The van der Waals surface area contributed by atoms with Gasteiger partial charge in [-0.2, -0.15) is 5.10 Å². The minimum Gasteiger partial charge on any atom is -0.494 e. The number of aromatic nitrogens is 3. The molecule has 2 aromatic heterocycles. The monoisotopic (exact) mass is 845 g/mol. The van der Waals surface area contributed by atoms with Crippen molar-refractivity contribution in [3.05, 3.63) is 127 Å². The zero-order valence-electron chi connectivity index (χ0n) is 30.0. The van der Waals surface area contributed by atoms with Crippen LogP contribution in [0, 0.1) is 20.8 Å². The number of hydrazone groups is 1. The lowest BCUT2D eigenvalue weighted by Crippen LogP contribution is -2.27. The Bertz CT molecular complexity index is 2230. The van der Waals surface area contributed by atoms with Crippen LogP contribution in [0.5, 0.6) is 5.75 Å². The number of carbonyl (C=O) groups is 2. The Morgan fingerprint density at radius 1 is 0.963 bits per heavy atom. The van der Waals surface area contributed by atoms with Crippen LogP contribution in [0.15, 0.2) is 87.4 Å². The molecule has 278 valence electrons. The Labute approximate surface area is 336 Å². The van der Waals surface area contributed by atoms with Crippen LogP contribution in [0.1, 0.15) is 82.1 Å². The molecule has 1 N–H and O–H groups in total. The lowest BCUT2D eigenvalue weighted by atomic mass is 9.98. The number of alkyl halides is 1. The minimum absolute atomic E-state index is 0.109. The normalized spacial score (nSPS) is 16.3. The highest BCUT2D eigenvalue weighted by molar-refractivity contribution is 9.10. The lowest BCUT2D eigenvalue weighted by molar-refractivity contribution is -0.130. The molecule has 0 spiro atoms. The molecule has 0 fully saturated rings. The largest absolute Gasteiger partial charge is 0.494 e. The Balaban J connectivity index is 0.933. The summed E-state index contributed by atoms with van der Waals surface area (Å²) < 4.78 is 9.04. The van der Waals surface area contributed by atoms with E-state index in [2.05, 4.69) is 50.4 Å². The van der Waals surface area contributed by atoms with Gasteiger partial charge in [0.25, 0.3) is 5.91 Å². The van der Waals surface area contributed by atoms with Crippen LogP contribution in [0.25, 0.3) is 5.00 Å². The number of halogens is 3. The number of hydrogen-bond acceptors (Lipinski definition) is 8. The number of aliphatic imine (C=N–C) groups is 1.